The molecule has 34 heavy (non-hydrogen) atoms. The Labute approximate surface area is 195 Å². The van der Waals surface area contributed by atoms with Gasteiger partial charge >= 0.3 is 12.2 Å². The minimum absolute atomic E-state index is 0.106. The molecule has 0 aromatic carbocycles. The molecule has 3 aromatic rings. The highest BCUT2D eigenvalue weighted by Crippen LogP contribution is 2.36. The molecule has 0 aliphatic carbocycles. The molecule has 0 spiro atoms. The fourth-order valence-corrected chi connectivity index (χ4v) is 3.00. The van der Waals surface area contributed by atoms with E-state index in [0.717, 1.165) is 6.20 Å². The lowest BCUT2D eigenvalue weighted by atomic mass is 9.52. The Morgan fingerprint density at radius 1 is 1.12 bits per heavy atom. The second-order valence-electron chi connectivity index (χ2n) is 6.91. The molecule has 170 valence electrons. The van der Waals surface area contributed by atoms with Crippen LogP contribution in [0, 0.1) is 0 Å². The number of rotatable bonds is 7. The Morgan fingerprint density at radius 3 is 2.38 bits per heavy atom. The molecule has 1 atom stereocenters. The number of methoxy groups -OCH3 is 1. The van der Waals surface area contributed by atoms with Gasteiger partial charge in [-0.1, -0.05) is 0 Å². The quantitative estimate of drug-likeness (QED) is 0.511. The lowest BCUT2D eigenvalue weighted by Crippen LogP contribution is -2.35. The molecule has 10 nitrogen and oxygen atoms in total. The summed E-state index contributed by atoms with van der Waals surface area (Å²) in [5.74, 6) is -0.339. The van der Waals surface area contributed by atoms with Crippen LogP contribution >= 0.6 is 0 Å². The fraction of sp³-hybridized carbons (Fsp3) is 0.278. The van der Waals surface area contributed by atoms with Gasteiger partial charge in [0.15, 0.2) is 5.82 Å². The monoisotopic (exact) mass is 467 g/mol. The molecule has 0 saturated heterocycles. The summed E-state index contributed by atoms with van der Waals surface area (Å²) < 4.78 is 51.2. The number of hydrogen-bond donors (Lipinski definition) is 2. The average molecular weight is 467 g/mol. The first-order chi connectivity index (χ1) is 15.9. The molecule has 0 saturated carbocycles. The predicted molar refractivity (Wildman–Crippen MR) is 117 cm³/mol. The van der Waals surface area contributed by atoms with E-state index < -0.39 is 35.0 Å². The summed E-state index contributed by atoms with van der Waals surface area (Å²) in [6.45, 7) is 1.55. The van der Waals surface area contributed by atoms with Crippen LogP contribution < -0.4 is 15.4 Å². The normalized spacial score (nSPS) is 12.7. The molecule has 0 aliphatic rings. The topological polar surface area (TPSA) is 116 Å². The molecule has 16 heteroatoms. The molecule has 0 aliphatic heterocycles. The Hall–Kier alpha value is -3.55. The molecular formula is C18H15B3F3N7O3. The van der Waals surface area contributed by atoms with Crippen molar-refractivity contribution in [1.29, 1.82) is 0 Å². The van der Waals surface area contributed by atoms with Crippen LogP contribution in [-0.4, -0.2) is 66.9 Å². The summed E-state index contributed by atoms with van der Waals surface area (Å²) in [6.07, 6.45) is 0.397. The van der Waals surface area contributed by atoms with Crippen molar-refractivity contribution in [1.82, 2.24) is 25.0 Å². The van der Waals surface area contributed by atoms with Crippen LogP contribution in [0.1, 0.15) is 24.2 Å². The van der Waals surface area contributed by atoms with E-state index in [1.54, 1.807) is 6.92 Å². The van der Waals surface area contributed by atoms with E-state index in [4.69, 9.17) is 33.0 Å². The van der Waals surface area contributed by atoms with E-state index in [9.17, 15) is 18.0 Å². The first-order valence-electron chi connectivity index (χ1n) is 9.47. The number of nitrogens with one attached hydrogen (secondary N) is 2. The number of pyridine rings is 2. The smallest absolute Gasteiger partial charge is 0.420 e. The van der Waals surface area contributed by atoms with Crippen molar-refractivity contribution >= 4 is 40.9 Å². The van der Waals surface area contributed by atoms with Gasteiger partial charge in [0.05, 0.1) is 79.1 Å². The van der Waals surface area contributed by atoms with Crippen LogP contribution in [0.25, 0.3) is 5.82 Å². The standard InChI is InChI=1S/C18H15B3F3N7O3/c1-9(34-18(19,20)21)14-12(7-25-8-13(14)33-2)30-16(32)29-10-5-11(17(22,23)24)15(26-6-10)31-27-3-4-28-31/h3-9H,1-2H3,(H2,29,30,32). The highest BCUT2D eigenvalue weighted by atomic mass is 19.4. The van der Waals surface area contributed by atoms with Crippen molar-refractivity contribution in [3.8, 4) is 11.6 Å². The molecule has 2 amide bonds. The van der Waals surface area contributed by atoms with Crippen molar-refractivity contribution in [3.63, 3.8) is 0 Å². The number of carbonyl (C=O) groups excluding carboxylic acids is 1. The van der Waals surface area contributed by atoms with E-state index in [-0.39, 0.29) is 22.7 Å². The summed E-state index contributed by atoms with van der Waals surface area (Å²) in [4.78, 5) is 21.0. The number of urea groups is 1. The van der Waals surface area contributed by atoms with Gasteiger partial charge in [0.1, 0.15) is 11.3 Å². The van der Waals surface area contributed by atoms with Gasteiger partial charge in [-0.2, -0.15) is 23.4 Å². The number of ether oxygens (including phenoxy) is 2. The Kier molecular flexibility index (Phi) is 7.19. The summed E-state index contributed by atoms with van der Waals surface area (Å²) >= 11 is 0. The lowest BCUT2D eigenvalue weighted by molar-refractivity contribution is -0.137. The third-order valence-electron chi connectivity index (χ3n) is 4.24. The van der Waals surface area contributed by atoms with Gasteiger partial charge < -0.3 is 20.1 Å². The number of aromatic nitrogens is 5. The Balaban J connectivity index is 1.86. The number of carbonyl (C=O) groups is 1. The van der Waals surface area contributed by atoms with Crippen molar-refractivity contribution in [2.75, 3.05) is 17.7 Å². The molecule has 6 radical (unpaired) electrons. The van der Waals surface area contributed by atoms with Gasteiger partial charge in [-0.3, -0.25) is 4.98 Å². The van der Waals surface area contributed by atoms with Crippen molar-refractivity contribution in [3.05, 3.63) is 48.2 Å². The summed E-state index contributed by atoms with van der Waals surface area (Å²) in [5, 5.41) is 10.1. The number of nitrogens with zero attached hydrogens (tertiary/aromatic N) is 5. The zero-order valence-electron chi connectivity index (χ0n) is 17.9. The van der Waals surface area contributed by atoms with E-state index in [0.29, 0.717) is 10.9 Å². The lowest BCUT2D eigenvalue weighted by Gasteiger charge is -2.29. The largest absolute Gasteiger partial charge is 0.495 e. The molecule has 3 aromatic heterocycles. The SMILES string of the molecule is [B]C([B])([B])OC(C)c1c(NC(=O)Nc2cnc(-n3nccn3)c(C(F)(F)F)c2)cncc1OC. The third kappa shape index (κ3) is 6.07. The van der Waals surface area contributed by atoms with Crippen LogP contribution in [0.3, 0.4) is 0 Å². The molecule has 0 fully saturated rings. The minimum atomic E-state index is -4.79. The maximum Gasteiger partial charge on any atom is 0.420 e. The minimum Gasteiger partial charge on any atom is -0.495 e. The first kappa shape index (κ1) is 25.1. The molecule has 3 heterocycles. The fourth-order valence-electron chi connectivity index (χ4n) is 3.00. The number of alkyl halides is 3. The summed E-state index contributed by atoms with van der Waals surface area (Å²) in [5.41, 5.74) is -1.01. The maximum absolute atomic E-state index is 13.6. The third-order valence-corrected chi connectivity index (χ3v) is 4.24. The number of halogens is 3. The van der Waals surface area contributed by atoms with Crippen molar-refractivity contribution < 1.29 is 27.4 Å². The van der Waals surface area contributed by atoms with E-state index >= 15 is 0 Å². The second-order valence-corrected chi connectivity index (χ2v) is 6.91. The van der Waals surface area contributed by atoms with E-state index in [1.807, 2.05) is 0 Å². The van der Waals surface area contributed by atoms with Gasteiger partial charge in [-0.15, -0.1) is 4.80 Å². The van der Waals surface area contributed by atoms with Crippen molar-refractivity contribution in [2.24, 2.45) is 0 Å². The van der Waals surface area contributed by atoms with Crippen LogP contribution in [0.15, 0.2) is 37.1 Å². The predicted octanol–water partition coefficient (Wildman–Crippen LogP) is 1.92. The number of hydrogen-bond acceptors (Lipinski definition) is 7. The van der Waals surface area contributed by atoms with Gasteiger partial charge in [0.2, 0.25) is 0 Å². The van der Waals surface area contributed by atoms with E-state index in [1.165, 1.54) is 31.9 Å². The molecule has 1 unspecified atom stereocenters. The first-order valence-corrected chi connectivity index (χ1v) is 9.47. The zero-order chi connectivity index (χ0) is 25.1. The number of amides is 2. The van der Waals surface area contributed by atoms with Gasteiger partial charge in [-0.05, 0) is 18.3 Å². The molecular weight excluding hydrogens is 452 g/mol. The van der Waals surface area contributed by atoms with Crippen LogP contribution in [-0.2, 0) is 10.9 Å². The van der Waals surface area contributed by atoms with Crippen LogP contribution in [0.5, 0.6) is 5.75 Å². The Morgan fingerprint density at radius 2 is 1.79 bits per heavy atom. The highest BCUT2D eigenvalue weighted by Gasteiger charge is 2.36. The van der Waals surface area contributed by atoms with Gasteiger partial charge in [0.25, 0.3) is 0 Å². The average Bonchev–Trinajstić information content (AvgIpc) is 3.26. The molecule has 0 bridgehead atoms. The van der Waals surface area contributed by atoms with E-state index in [2.05, 4.69) is 30.8 Å². The zero-order valence-corrected chi connectivity index (χ0v) is 17.9. The van der Waals surface area contributed by atoms with Crippen LogP contribution in [0.2, 0.25) is 0 Å². The Bertz CT molecular complexity index is 1160. The van der Waals surface area contributed by atoms with Gasteiger partial charge in [0, 0.05) is 5.56 Å². The highest BCUT2D eigenvalue weighted by molar-refractivity contribution is 6.58. The summed E-state index contributed by atoms with van der Waals surface area (Å²) in [7, 11) is 17.8. The van der Waals surface area contributed by atoms with Crippen molar-refractivity contribution in [2.45, 2.75) is 24.5 Å². The maximum atomic E-state index is 13.6. The molecule has 2 N–H and O–H groups in total. The second kappa shape index (κ2) is 9.75. The van der Waals surface area contributed by atoms with Gasteiger partial charge in [-0.25, -0.2) is 9.78 Å². The molecule has 3 rings (SSSR count). The number of anilines is 2. The van der Waals surface area contributed by atoms with Crippen LogP contribution in [0.4, 0.5) is 29.3 Å². The summed E-state index contributed by atoms with van der Waals surface area (Å²) in [6, 6.07) is -0.198.